The molecule has 4 heteroatoms. The van der Waals surface area contributed by atoms with Gasteiger partial charge in [0, 0.05) is 23.7 Å². The van der Waals surface area contributed by atoms with Crippen LogP contribution in [0.4, 0.5) is 0 Å². The van der Waals surface area contributed by atoms with E-state index in [2.05, 4.69) is 61.1 Å². The van der Waals surface area contributed by atoms with E-state index in [1.807, 2.05) is 10.9 Å². The van der Waals surface area contributed by atoms with Gasteiger partial charge in [0.15, 0.2) is 0 Å². The first-order valence-corrected chi connectivity index (χ1v) is 9.65. The Labute approximate surface area is 155 Å². The standard InChI is InChI=1S/C22H27N3O/c1-16-5-6-18(10-9-17-7-8-17)13-19(16)20-14-25(24-23-20)15-21-22(2,3)11-4-12-26-21/h5-6,13-14,17,21H,4,7-8,11-12,15H2,1-3H3. The number of ether oxygens (including phenoxy) is 1. The van der Waals surface area contributed by atoms with Crippen molar-refractivity contribution in [1.82, 2.24) is 15.0 Å². The van der Waals surface area contributed by atoms with Crippen LogP contribution in [0.2, 0.25) is 0 Å². The molecule has 1 aromatic heterocycles. The van der Waals surface area contributed by atoms with E-state index >= 15 is 0 Å². The van der Waals surface area contributed by atoms with Gasteiger partial charge in [-0.1, -0.05) is 37.0 Å². The molecule has 4 rings (SSSR count). The number of hydrogen-bond acceptors (Lipinski definition) is 3. The van der Waals surface area contributed by atoms with Crippen molar-refractivity contribution in [2.75, 3.05) is 6.61 Å². The average Bonchev–Trinajstić information content (AvgIpc) is 3.33. The normalized spacial score (nSPS) is 21.9. The zero-order valence-electron chi connectivity index (χ0n) is 16.0. The van der Waals surface area contributed by atoms with E-state index in [1.165, 1.54) is 24.8 Å². The van der Waals surface area contributed by atoms with Crippen molar-refractivity contribution < 1.29 is 4.74 Å². The highest BCUT2D eigenvalue weighted by Gasteiger charge is 2.33. The molecule has 136 valence electrons. The molecule has 0 amide bonds. The summed E-state index contributed by atoms with van der Waals surface area (Å²) in [7, 11) is 0. The molecule has 4 nitrogen and oxygen atoms in total. The van der Waals surface area contributed by atoms with Gasteiger partial charge in [0.2, 0.25) is 0 Å². The Bertz CT molecular complexity index is 852. The van der Waals surface area contributed by atoms with E-state index < -0.39 is 0 Å². The molecule has 2 aliphatic rings. The van der Waals surface area contributed by atoms with Crippen LogP contribution in [-0.2, 0) is 11.3 Å². The van der Waals surface area contributed by atoms with Gasteiger partial charge in [0.1, 0.15) is 5.69 Å². The topological polar surface area (TPSA) is 39.9 Å². The van der Waals surface area contributed by atoms with Gasteiger partial charge in [-0.05, 0) is 55.7 Å². The molecule has 1 atom stereocenters. The third kappa shape index (κ3) is 3.83. The van der Waals surface area contributed by atoms with Gasteiger partial charge in [-0.25, -0.2) is 4.68 Å². The fourth-order valence-electron chi connectivity index (χ4n) is 3.51. The fraction of sp³-hybridized carbons (Fsp3) is 0.545. The lowest BCUT2D eigenvalue weighted by Gasteiger charge is -2.38. The largest absolute Gasteiger partial charge is 0.376 e. The Morgan fingerprint density at radius 3 is 2.92 bits per heavy atom. The number of rotatable bonds is 3. The van der Waals surface area contributed by atoms with E-state index in [0.717, 1.165) is 36.4 Å². The van der Waals surface area contributed by atoms with Crippen LogP contribution in [0.25, 0.3) is 11.3 Å². The third-order valence-electron chi connectivity index (χ3n) is 5.56. The molecule has 2 heterocycles. The molecule has 0 radical (unpaired) electrons. The maximum absolute atomic E-state index is 6.01. The highest BCUT2D eigenvalue weighted by molar-refractivity contribution is 5.65. The first-order chi connectivity index (χ1) is 12.5. The molecule has 1 unspecified atom stereocenters. The SMILES string of the molecule is Cc1ccc(C#CC2CC2)cc1-c1cn(CC2OCCCC2(C)C)nn1. The van der Waals surface area contributed by atoms with Gasteiger partial charge in [0.25, 0.3) is 0 Å². The lowest BCUT2D eigenvalue weighted by Crippen LogP contribution is -2.39. The van der Waals surface area contributed by atoms with Gasteiger partial charge in [0.05, 0.1) is 18.8 Å². The van der Waals surface area contributed by atoms with Crippen LogP contribution in [0, 0.1) is 30.1 Å². The smallest absolute Gasteiger partial charge is 0.113 e. The van der Waals surface area contributed by atoms with Gasteiger partial charge in [-0.15, -0.1) is 5.10 Å². The second-order valence-electron chi connectivity index (χ2n) is 8.35. The Morgan fingerprint density at radius 1 is 1.31 bits per heavy atom. The first-order valence-electron chi connectivity index (χ1n) is 9.65. The summed E-state index contributed by atoms with van der Waals surface area (Å²) in [6, 6.07) is 6.36. The van der Waals surface area contributed by atoms with Crippen LogP contribution in [0.3, 0.4) is 0 Å². The average molecular weight is 349 g/mol. The monoisotopic (exact) mass is 349 g/mol. The second-order valence-corrected chi connectivity index (χ2v) is 8.35. The van der Waals surface area contributed by atoms with Gasteiger partial charge < -0.3 is 4.74 Å². The van der Waals surface area contributed by atoms with E-state index in [1.54, 1.807) is 0 Å². The molecular formula is C22H27N3O. The van der Waals surface area contributed by atoms with Crippen LogP contribution >= 0.6 is 0 Å². The summed E-state index contributed by atoms with van der Waals surface area (Å²) in [5, 5.41) is 8.78. The zero-order valence-corrected chi connectivity index (χ0v) is 16.0. The van der Waals surface area contributed by atoms with Gasteiger partial charge in [-0.3, -0.25) is 0 Å². The summed E-state index contributed by atoms with van der Waals surface area (Å²) in [5.41, 5.74) is 4.46. The van der Waals surface area contributed by atoms with Crippen molar-refractivity contribution in [3.8, 4) is 23.1 Å². The predicted molar refractivity (Wildman–Crippen MR) is 103 cm³/mol. The van der Waals surface area contributed by atoms with Crippen molar-refractivity contribution in [2.45, 2.75) is 59.1 Å². The minimum absolute atomic E-state index is 0.179. The van der Waals surface area contributed by atoms with Crippen molar-refractivity contribution in [2.24, 2.45) is 11.3 Å². The summed E-state index contributed by atoms with van der Waals surface area (Å²) < 4.78 is 7.93. The highest BCUT2D eigenvalue weighted by atomic mass is 16.5. The summed E-state index contributed by atoms with van der Waals surface area (Å²) in [4.78, 5) is 0. The van der Waals surface area contributed by atoms with Crippen LogP contribution in [0.1, 0.15) is 50.7 Å². The molecule has 2 aromatic rings. The van der Waals surface area contributed by atoms with Crippen molar-refractivity contribution in [1.29, 1.82) is 0 Å². The fourth-order valence-corrected chi connectivity index (χ4v) is 3.51. The number of aryl methyl sites for hydroxylation is 1. The molecule has 1 aliphatic heterocycles. The van der Waals surface area contributed by atoms with Crippen LogP contribution in [0.5, 0.6) is 0 Å². The summed E-state index contributed by atoms with van der Waals surface area (Å²) in [6.45, 7) is 8.26. The van der Waals surface area contributed by atoms with Crippen LogP contribution < -0.4 is 0 Å². The van der Waals surface area contributed by atoms with Crippen molar-refractivity contribution >= 4 is 0 Å². The summed E-state index contributed by atoms with van der Waals surface area (Å²) in [5.74, 6) is 7.24. The molecule has 0 bridgehead atoms. The molecule has 26 heavy (non-hydrogen) atoms. The maximum Gasteiger partial charge on any atom is 0.113 e. The Kier molecular flexibility index (Phi) is 4.58. The quantitative estimate of drug-likeness (QED) is 0.779. The third-order valence-corrected chi connectivity index (χ3v) is 5.56. The molecular weight excluding hydrogens is 322 g/mol. The molecule has 2 fully saturated rings. The van der Waals surface area contributed by atoms with E-state index in [-0.39, 0.29) is 11.5 Å². The minimum Gasteiger partial charge on any atom is -0.376 e. The summed E-state index contributed by atoms with van der Waals surface area (Å²) in [6.07, 6.45) is 7.05. The second kappa shape index (κ2) is 6.89. The number of benzene rings is 1. The molecule has 1 aliphatic carbocycles. The lowest BCUT2D eigenvalue weighted by atomic mass is 9.80. The van der Waals surface area contributed by atoms with Crippen LogP contribution in [0.15, 0.2) is 24.4 Å². The molecule has 0 spiro atoms. The maximum atomic E-state index is 6.01. The van der Waals surface area contributed by atoms with Crippen LogP contribution in [-0.4, -0.2) is 27.7 Å². The molecule has 0 N–H and O–H groups in total. The van der Waals surface area contributed by atoms with Crippen molar-refractivity contribution in [3.05, 3.63) is 35.5 Å². The zero-order chi connectivity index (χ0) is 18.1. The molecule has 1 aromatic carbocycles. The first kappa shape index (κ1) is 17.3. The lowest BCUT2D eigenvalue weighted by molar-refractivity contribution is -0.0771. The number of nitrogens with zero attached hydrogens (tertiary/aromatic N) is 3. The van der Waals surface area contributed by atoms with E-state index in [4.69, 9.17) is 4.74 Å². The number of hydrogen-bond donors (Lipinski definition) is 0. The van der Waals surface area contributed by atoms with Crippen molar-refractivity contribution in [3.63, 3.8) is 0 Å². The molecule has 1 saturated heterocycles. The Balaban J connectivity index is 1.54. The Hall–Kier alpha value is -2.12. The summed E-state index contributed by atoms with van der Waals surface area (Å²) >= 11 is 0. The van der Waals surface area contributed by atoms with Gasteiger partial charge in [-0.2, -0.15) is 0 Å². The minimum atomic E-state index is 0.179. The van der Waals surface area contributed by atoms with E-state index in [9.17, 15) is 0 Å². The number of aromatic nitrogens is 3. The van der Waals surface area contributed by atoms with E-state index in [0.29, 0.717) is 5.92 Å². The Morgan fingerprint density at radius 2 is 2.15 bits per heavy atom. The highest BCUT2D eigenvalue weighted by Crippen LogP contribution is 2.34. The molecule has 1 saturated carbocycles. The predicted octanol–water partition coefficient (Wildman–Crippen LogP) is 4.22. The van der Waals surface area contributed by atoms with Gasteiger partial charge >= 0.3 is 0 Å².